The van der Waals surface area contributed by atoms with Crippen LogP contribution in [0.25, 0.3) is 11.3 Å². The number of hydrogen-bond acceptors (Lipinski definition) is 8. The van der Waals surface area contributed by atoms with Gasteiger partial charge in [-0.3, -0.25) is 19.4 Å². The third-order valence-corrected chi connectivity index (χ3v) is 4.59. The number of fused-ring (bicyclic) bond motifs is 6. The van der Waals surface area contributed by atoms with E-state index in [-0.39, 0.29) is 30.3 Å². The summed E-state index contributed by atoms with van der Waals surface area (Å²) < 4.78 is 0. The van der Waals surface area contributed by atoms with E-state index in [2.05, 4.69) is 25.6 Å². The highest BCUT2D eigenvalue weighted by atomic mass is 16.3. The highest BCUT2D eigenvalue weighted by molar-refractivity contribution is 6.07. The van der Waals surface area contributed by atoms with Crippen LogP contribution < -0.4 is 21.3 Å². The van der Waals surface area contributed by atoms with Crippen molar-refractivity contribution in [1.82, 2.24) is 15.0 Å². The smallest absolute Gasteiger partial charge is 0.290 e. The Morgan fingerprint density at radius 2 is 1.97 bits per heavy atom. The normalized spacial score (nSPS) is 13.2. The van der Waals surface area contributed by atoms with Gasteiger partial charge in [0, 0.05) is 37.5 Å². The third-order valence-electron chi connectivity index (χ3n) is 4.59. The van der Waals surface area contributed by atoms with Gasteiger partial charge in [-0.15, -0.1) is 0 Å². The third kappa shape index (κ3) is 5.14. The number of pyridine rings is 1. The number of nitrogens with two attached hydrogens (primary N) is 1. The predicted octanol–water partition coefficient (Wildman–Crippen LogP) is 1.85. The van der Waals surface area contributed by atoms with Gasteiger partial charge in [-0.1, -0.05) is 12.1 Å². The summed E-state index contributed by atoms with van der Waals surface area (Å²) in [7, 11) is 1.84. The molecule has 0 radical (unpaired) electrons. The van der Waals surface area contributed by atoms with Crippen LogP contribution in [0.1, 0.15) is 16.9 Å². The molecular formula is C21H21N7O4. The zero-order valence-electron chi connectivity index (χ0n) is 17.1. The van der Waals surface area contributed by atoms with Gasteiger partial charge in [0.2, 0.25) is 5.91 Å². The quantitative estimate of drug-likeness (QED) is 0.386. The molecule has 0 aliphatic carbocycles. The second-order valence-corrected chi connectivity index (χ2v) is 6.74. The predicted molar refractivity (Wildman–Crippen MR) is 119 cm³/mol. The van der Waals surface area contributed by atoms with Gasteiger partial charge < -0.3 is 26.4 Å². The number of hydrogen-bond donors (Lipinski definition) is 4. The molecule has 2 aromatic heterocycles. The van der Waals surface area contributed by atoms with Gasteiger partial charge in [-0.25, -0.2) is 9.97 Å². The number of nitrogen functional groups attached to an aromatic ring is 1. The Labute approximate surface area is 183 Å². The lowest BCUT2D eigenvalue weighted by atomic mass is 10.1. The number of nitrogens with one attached hydrogen (secondary N) is 2. The number of rotatable bonds is 0. The van der Waals surface area contributed by atoms with Crippen LogP contribution in [-0.2, 0) is 9.59 Å². The Kier molecular flexibility index (Phi) is 6.91. The van der Waals surface area contributed by atoms with E-state index in [1.807, 2.05) is 18.0 Å². The molecule has 11 heteroatoms. The minimum Gasteiger partial charge on any atom is -0.483 e. The molecule has 3 heterocycles. The molecule has 164 valence electrons. The molecule has 1 aliphatic heterocycles. The molecule has 0 atom stereocenters. The van der Waals surface area contributed by atoms with Gasteiger partial charge in [0.1, 0.15) is 0 Å². The number of carbonyl (C=O) groups excluding carboxylic acids is 2. The molecule has 2 amide bonds. The van der Waals surface area contributed by atoms with Crippen LogP contribution in [0.2, 0.25) is 0 Å². The number of carbonyl (C=O) groups is 3. The van der Waals surface area contributed by atoms with E-state index in [4.69, 9.17) is 15.6 Å². The fraction of sp³-hybridized carbons (Fsp3) is 0.143. The van der Waals surface area contributed by atoms with Crippen molar-refractivity contribution in [1.29, 1.82) is 0 Å². The summed E-state index contributed by atoms with van der Waals surface area (Å²) in [5.74, 6) is -0.578. The lowest BCUT2D eigenvalue weighted by Gasteiger charge is -2.22. The SMILES string of the molecule is CN1CCC(=O)Nc2cccc(c2)-c2cnc(N)c(n2)C(=O)Nc2cnccc21.O=CO. The van der Waals surface area contributed by atoms with E-state index in [0.29, 0.717) is 29.2 Å². The zero-order chi connectivity index (χ0) is 23.1. The van der Waals surface area contributed by atoms with E-state index in [1.165, 1.54) is 6.20 Å². The summed E-state index contributed by atoms with van der Waals surface area (Å²) in [6, 6.07) is 8.96. The minimum atomic E-state index is -0.486. The average molecular weight is 435 g/mol. The molecule has 0 saturated heterocycles. The number of anilines is 4. The van der Waals surface area contributed by atoms with E-state index >= 15 is 0 Å². The number of amides is 2. The number of benzene rings is 1. The van der Waals surface area contributed by atoms with E-state index < -0.39 is 5.91 Å². The molecule has 0 unspecified atom stereocenters. The summed E-state index contributed by atoms with van der Waals surface area (Å²) in [6.45, 7) is 0.202. The summed E-state index contributed by atoms with van der Waals surface area (Å²) in [4.78, 5) is 48.1. The van der Waals surface area contributed by atoms with Crippen molar-refractivity contribution >= 4 is 41.2 Å². The fourth-order valence-corrected chi connectivity index (χ4v) is 3.07. The first kappa shape index (κ1) is 22.2. The monoisotopic (exact) mass is 435 g/mol. The highest BCUT2D eigenvalue weighted by Gasteiger charge is 2.18. The zero-order valence-corrected chi connectivity index (χ0v) is 17.1. The molecule has 0 spiro atoms. The molecule has 32 heavy (non-hydrogen) atoms. The summed E-state index contributed by atoms with van der Waals surface area (Å²) in [5.41, 5.74) is 8.96. The van der Waals surface area contributed by atoms with Crippen LogP contribution in [0, 0.1) is 0 Å². The summed E-state index contributed by atoms with van der Waals surface area (Å²) in [6.07, 6.45) is 4.93. The van der Waals surface area contributed by atoms with Gasteiger partial charge in [0.15, 0.2) is 11.5 Å². The highest BCUT2D eigenvalue weighted by Crippen LogP contribution is 2.26. The standard InChI is InChI=1S/C20H19N7O2.CH2O2/c1-27-8-6-17(28)24-13-4-2-3-12(9-13)14-11-23-19(21)18(25-14)20(29)26-15-10-22-7-5-16(15)27;2-1-3/h2-5,7,9-11H,6,8H2,1H3,(H2,21,23)(H,24,28)(H,26,29);1H,(H,2,3). The van der Waals surface area contributed by atoms with Crippen LogP contribution in [-0.4, -0.2) is 51.9 Å². The van der Waals surface area contributed by atoms with Crippen LogP contribution in [0.3, 0.4) is 0 Å². The lowest BCUT2D eigenvalue weighted by Crippen LogP contribution is -2.25. The molecule has 1 aromatic carbocycles. The van der Waals surface area contributed by atoms with Crippen LogP contribution in [0.4, 0.5) is 22.9 Å². The molecule has 0 saturated carbocycles. The first-order chi connectivity index (χ1) is 15.4. The Bertz CT molecular complexity index is 1150. The topological polar surface area (TPSA) is 163 Å². The van der Waals surface area contributed by atoms with Gasteiger partial charge in [0.05, 0.1) is 29.5 Å². The molecule has 11 nitrogen and oxygen atoms in total. The Balaban J connectivity index is 0.000000913. The second kappa shape index (κ2) is 9.98. The van der Waals surface area contributed by atoms with Crippen LogP contribution in [0.15, 0.2) is 48.9 Å². The Morgan fingerprint density at radius 1 is 1.19 bits per heavy atom. The summed E-state index contributed by atoms with van der Waals surface area (Å²) in [5, 5.41) is 12.6. The molecular weight excluding hydrogens is 414 g/mol. The van der Waals surface area contributed by atoms with Crippen molar-refractivity contribution in [3.05, 3.63) is 54.6 Å². The first-order valence-electron chi connectivity index (χ1n) is 9.50. The molecule has 3 aromatic rings. The number of nitrogens with zero attached hydrogens (tertiary/aromatic N) is 4. The second-order valence-electron chi connectivity index (χ2n) is 6.74. The molecule has 4 rings (SSSR count). The van der Waals surface area contributed by atoms with Crippen molar-refractivity contribution in [2.45, 2.75) is 6.42 Å². The number of aromatic nitrogens is 3. The maximum Gasteiger partial charge on any atom is 0.290 e. The lowest BCUT2D eigenvalue weighted by molar-refractivity contribution is -0.123. The van der Waals surface area contributed by atoms with Gasteiger partial charge >= 0.3 is 0 Å². The first-order valence-corrected chi connectivity index (χ1v) is 9.50. The molecule has 5 N–H and O–H groups in total. The molecule has 1 aliphatic rings. The van der Waals surface area contributed by atoms with E-state index in [1.54, 1.807) is 36.7 Å². The maximum atomic E-state index is 12.9. The van der Waals surface area contributed by atoms with Crippen molar-refractivity contribution in [3.8, 4) is 11.3 Å². The van der Waals surface area contributed by atoms with Crippen molar-refractivity contribution in [3.63, 3.8) is 0 Å². The minimum absolute atomic E-state index is 0.0178. The van der Waals surface area contributed by atoms with Gasteiger partial charge in [0.25, 0.3) is 12.4 Å². The fourth-order valence-electron chi connectivity index (χ4n) is 3.07. The average Bonchev–Trinajstić information content (AvgIpc) is 2.78. The largest absolute Gasteiger partial charge is 0.483 e. The van der Waals surface area contributed by atoms with Crippen molar-refractivity contribution in [2.24, 2.45) is 0 Å². The number of carboxylic acid groups (broad SMARTS) is 1. The van der Waals surface area contributed by atoms with Gasteiger partial charge in [-0.05, 0) is 18.2 Å². The Morgan fingerprint density at radius 3 is 2.75 bits per heavy atom. The van der Waals surface area contributed by atoms with Crippen molar-refractivity contribution < 1.29 is 19.5 Å². The van der Waals surface area contributed by atoms with E-state index in [0.717, 1.165) is 5.69 Å². The maximum absolute atomic E-state index is 12.9. The van der Waals surface area contributed by atoms with E-state index in [9.17, 15) is 9.59 Å². The van der Waals surface area contributed by atoms with Gasteiger partial charge in [-0.2, -0.15) is 0 Å². The van der Waals surface area contributed by atoms with Crippen LogP contribution in [0.5, 0.6) is 0 Å². The van der Waals surface area contributed by atoms with Crippen molar-refractivity contribution in [2.75, 3.05) is 34.9 Å². The van der Waals surface area contributed by atoms with Crippen LogP contribution >= 0.6 is 0 Å². The molecule has 4 bridgehead atoms. The summed E-state index contributed by atoms with van der Waals surface area (Å²) >= 11 is 0. The Hall–Kier alpha value is -4.54. The molecule has 0 fully saturated rings.